The smallest absolute Gasteiger partial charge is 0.0993 e. The fourth-order valence-corrected chi connectivity index (χ4v) is 1.44. The molecule has 0 aliphatic carbocycles. The summed E-state index contributed by atoms with van der Waals surface area (Å²) in [7, 11) is 0. The average molecular weight is 208 g/mol. The maximum atomic E-state index is 4.12. The van der Waals surface area contributed by atoms with Crippen molar-refractivity contribution in [1.29, 1.82) is 0 Å². The van der Waals surface area contributed by atoms with Crippen molar-refractivity contribution in [1.82, 2.24) is 20.7 Å². The number of nitrogens with zero attached hydrogens (tertiary/aromatic N) is 2. The molecule has 1 rings (SSSR count). The van der Waals surface area contributed by atoms with Crippen molar-refractivity contribution in [3.05, 3.63) is 24.0 Å². The largest absolute Gasteiger partial charge is 0.309 e. The standard InChI is InChI=1S/C11H20N4/c1-4-7-12-10(6-5-9(2)3)11-8-13-15-14-11/h8,10,12H,2,4-7H2,1,3H3,(H,13,14,15). The SMILES string of the molecule is C=C(C)CCC(NCCC)c1cn[nH]n1. The van der Waals surface area contributed by atoms with E-state index in [1.807, 2.05) is 0 Å². The van der Waals surface area contributed by atoms with Gasteiger partial charge in [-0.1, -0.05) is 12.5 Å². The number of rotatable bonds is 7. The summed E-state index contributed by atoms with van der Waals surface area (Å²) >= 11 is 0. The minimum atomic E-state index is 0.292. The Balaban J connectivity index is 2.49. The molecule has 0 aromatic carbocycles. The number of aromatic amines is 1. The average Bonchev–Trinajstić information content (AvgIpc) is 2.71. The van der Waals surface area contributed by atoms with Crippen LogP contribution in [0.5, 0.6) is 0 Å². The van der Waals surface area contributed by atoms with Crippen molar-refractivity contribution in [3.63, 3.8) is 0 Å². The molecule has 4 heteroatoms. The van der Waals surface area contributed by atoms with Crippen LogP contribution in [0.4, 0.5) is 0 Å². The number of hydrogen-bond donors (Lipinski definition) is 2. The third-order valence-electron chi connectivity index (χ3n) is 2.29. The van der Waals surface area contributed by atoms with E-state index in [4.69, 9.17) is 0 Å². The van der Waals surface area contributed by atoms with E-state index in [2.05, 4.69) is 41.2 Å². The molecule has 0 bridgehead atoms. The first kappa shape index (κ1) is 11.9. The van der Waals surface area contributed by atoms with Crippen LogP contribution in [0.1, 0.15) is 44.8 Å². The van der Waals surface area contributed by atoms with E-state index in [9.17, 15) is 0 Å². The van der Waals surface area contributed by atoms with Crippen LogP contribution in [0.25, 0.3) is 0 Å². The Hall–Kier alpha value is -1.16. The highest BCUT2D eigenvalue weighted by Crippen LogP contribution is 2.17. The fourth-order valence-electron chi connectivity index (χ4n) is 1.44. The molecule has 0 radical (unpaired) electrons. The van der Waals surface area contributed by atoms with Gasteiger partial charge in [0.25, 0.3) is 0 Å². The molecule has 0 spiro atoms. The molecule has 1 aromatic heterocycles. The minimum Gasteiger partial charge on any atom is -0.309 e. The first-order chi connectivity index (χ1) is 7.24. The molecular formula is C11H20N4. The zero-order valence-corrected chi connectivity index (χ0v) is 9.58. The molecule has 1 aromatic rings. The quantitative estimate of drug-likeness (QED) is 0.675. The molecule has 84 valence electrons. The van der Waals surface area contributed by atoms with E-state index in [-0.39, 0.29) is 0 Å². The molecule has 1 atom stereocenters. The van der Waals surface area contributed by atoms with Crippen LogP contribution in [0.3, 0.4) is 0 Å². The van der Waals surface area contributed by atoms with Crippen LogP contribution in [-0.4, -0.2) is 22.0 Å². The molecule has 4 nitrogen and oxygen atoms in total. The highest BCUT2D eigenvalue weighted by atomic mass is 15.3. The topological polar surface area (TPSA) is 53.6 Å². The molecule has 1 heterocycles. The van der Waals surface area contributed by atoms with E-state index >= 15 is 0 Å². The lowest BCUT2D eigenvalue weighted by atomic mass is 10.1. The highest BCUT2D eigenvalue weighted by molar-refractivity contribution is 5.01. The van der Waals surface area contributed by atoms with Crippen molar-refractivity contribution in [2.45, 2.75) is 39.2 Å². The van der Waals surface area contributed by atoms with Crippen LogP contribution >= 0.6 is 0 Å². The third-order valence-corrected chi connectivity index (χ3v) is 2.29. The zero-order valence-electron chi connectivity index (χ0n) is 9.58. The summed E-state index contributed by atoms with van der Waals surface area (Å²) in [6.07, 6.45) is 4.96. The van der Waals surface area contributed by atoms with Gasteiger partial charge in [-0.2, -0.15) is 15.4 Å². The lowest BCUT2D eigenvalue weighted by Crippen LogP contribution is -2.22. The van der Waals surface area contributed by atoms with Crippen molar-refractivity contribution in [2.75, 3.05) is 6.54 Å². The molecule has 1 unspecified atom stereocenters. The summed E-state index contributed by atoms with van der Waals surface area (Å²) in [6.45, 7) is 9.14. The van der Waals surface area contributed by atoms with Gasteiger partial charge < -0.3 is 5.32 Å². The van der Waals surface area contributed by atoms with Crippen LogP contribution in [0.15, 0.2) is 18.3 Å². The zero-order chi connectivity index (χ0) is 11.1. The normalized spacial score (nSPS) is 12.7. The maximum absolute atomic E-state index is 4.12. The van der Waals surface area contributed by atoms with Gasteiger partial charge in [-0.3, -0.25) is 0 Å². The molecule has 0 aliphatic heterocycles. The maximum Gasteiger partial charge on any atom is 0.0993 e. The Morgan fingerprint density at radius 3 is 3.00 bits per heavy atom. The summed E-state index contributed by atoms with van der Waals surface area (Å²) in [5, 5.41) is 14.1. The first-order valence-electron chi connectivity index (χ1n) is 5.47. The van der Waals surface area contributed by atoms with Crippen LogP contribution < -0.4 is 5.32 Å². The van der Waals surface area contributed by atoms with Crippen molar-refractivity contribution in [2.24, 2.45) is 0 Å². The van der Waals surface area contributed by atoms with Gasteiger partial charge in [-0.15, -0.1) is 6.58 Å². The van der Waals surface area contributed by atoms with E-state index in [0.717, 1.165) is 31.5 Å². The Kier molecular flexibility index (Phi) is 5.04. The first-order valence-corrected chi connectivity index (χ1v) is 5.47. The molecule has 0 fully saturated rings. The van der Waals surface area contributed by atoms with E-state index in [0.29, 0.717) is 6.04 Å². The second-order valence-electron chi connectivity index (χ2n) is 3.90. The summed E-state index contributed by atoms with van der Waals surface area (Å²) in [5.74, 6) is 0. The summed E-state index contributed by atoms with van der Waals surface area (Å²) in [4.78, 5) is 0. The van der Waals surface area contributed by atoms with Crippen molar-refractivity contribution >= 4 is 0 Å². The number of aromatic nitrogens is 3. The highest BCUT2D eigenvalue weighted by Gasteiger charge is 2.12. The number of hydrogen-bond acceptors (Lipinski definition) is 3. The summed E-state index contributed by atoms with van der Waals surface area (Å²) < 4.78 is 0. The van der Waals surface area contributed by atoms with Gasteiger partial charge in [0.05, 0.1) is 17.9 Å². The van der Waals surface area contributed by atoms with Gasteiger partial charge in [0.15, 0.2) is 0 Å². The molecule has 0 saturated heterocycles. The van der Waals surface area contributed by atoms with Gasteiger partial charge in [0, 0.05) is 0 Å². The molecule has 0 amide bonds. The van der Waals surface area contributed by atoms with E-state index < -0.39 is 0 Å². The van der Waals surface area contributed by atoms with Gasteiger partial charge in [-0.05, 0) is 32.7 Å². The molecular weight excluding hydrogens is 188 g/mol. The van der Waals surface area contributed by atoms with E-state index in [1.165, 1.54) is 5.57 Å². The number of nitrogens with one attached hydrogen (secondary N) is 2. The summed E-state index contributed by atoms with van der Waals surface area (Å²) in [6, 6.07) is 0.292. The summed E-state index contributed by atoms with van der Waals surface area (Å²) in [5.41, 5.74) is 2.20. The van der Waals surface area contributed by atoms with Crippen molar-refractivity contribution in [3.8, 4) is 0 Å². The third kappa shape index (κ3) is 4.25. The Morgan fingerprint density at radius 1 is 1.67 bits per heavy atom. The predicted octanol–water partition coefficient (Wildman–Crippen LogP) is 2.20. The van der Waals surface area contributed by atoms with E-state index in [1.54, 1.807) is 6.20 Å². The van der Waals surface area contributed by atoms with Gasteiger partial charge in [-0.25, -0.2) is 0 Å². The predicted molar refractivity (Wildman–Crippen MR) is 61.5 cm³/mol. The minimum absolute atomic E-state index is 0.292. The molecule has 0 saturated carbocycles. The van der Waals surface area contributed by atoms with Gasteiger partial charge >= 0.3 is 0 Å². The fraction of sp³-hybridized carbons (Fsp3) is 0.636. The molecule has 0 aliphatic rings. The Labute approximate surface area is 91.2 Å². The number of H-pyrrole nitrogens is 1. The molecule has 15 heavy (non-hydrogen) atoms. The van der Waals surface area contributed by atoms with Crippen LogP contribution in [-0.2, 0) is 0 Å². The Bertz CT molecular complexity index is 279. The van der Waals surface area contributed by atoms with Gasteiger partial charge in [0.2, 0.25) is 0 Å². The second kappa shape index (κ2) is 6.35. The number of allylic oxidation sites excluding steroid dienone is 1. The van der Waals surface area contributed by atoms with Crippen molar-refractivity contribution < 1.29 is 0 Å². The second-order valence-corrected chi connectivity index (χ2v) is 3.90. The van der Waals surface area contributed by atoms with Crippen LogP contribution in [0.2, 0.25) is 0 Å². The Morgan fingerprint density at radius 2 is 2.47 bits per heavy atom. The lowest BCUT2D eigenvalue weighted by Gasteiger charge is -2.15. The van der Waals surface area contributed by atoms with Gasteiger partial charge in [0.1, 0.15) is 0 Å². The lowest BCUT2D eigenvalue weighted by molar-refractivity contribution is 0.487. The monoisotopic (exact) mass is 208 g/mol. The van der Waals surface area contributed by atoms with Crippen LogP contribution in [0, 0.1) is 0 Å². The molecule has 2 N–H and O–H groups in total.